The van der Waals surface area contributed by atoms with Gasteiger partial charge in [0.2, 0.25) is 5.88 Å². The van der Waals surface area contributed by atoms with Gasteiger partial charge in [-0.2, -0.15) is 0 Å². The number of rotatable bonds is 2. The molecule has 2 bridgehead atoms. The number of carbonyl (C=O) groups is 1. The summed E-state index contributed by atoms with van der Waals surface area (Å²) in [5, 5.41) is 9.59. The molecule has 2 fully saturated rings. The third-order valence-corrected chi connectivity index (χ3v) is 4.07. The molecule has 1 aromatic heterocycles. The molecule has 19 heavy (non-hydrogen) atoms. The highest BCUT2D eigenvalue weighted by molar-refractivity contribution is 6.29. The smallest absolute Gasteiger partial charge is 0.407 e. The van der Waals surface area contributed by atoms with Crippen LogP contribution in [0.25, 0.3) is 0 Å². The number of piperidine rings is 1. The highest BCUT2D eigenvalue weighted by Gasteiger charge is 2.46. The van der Waals surface area contributed by atoms with Gasteiger partial charge in [-0.1, -0.05) is 11.6 Å². The van der Waals surface area contributed by atoms with Crippen molar-refractivity contribution >= 4 is 17.7 Å². The monoisotopic (exact) mass is 283 g/mol. The first-order valence-corrected chi connectivity index (χ1v) is 6.68. The highest BCUT2D eigenvalue weighted by Crippen LogP contribution is 2.37. The van der Waals surface area contributed by atoms with E-state index >= 15 is 0 Å². The molecule has 0 aromatic carbocycles. The largest absolute Gasteiger partial charge is 0.472 e. The molecule has 1 aromatic rings. The molecule has 0 spiro atoms. The standard InChI is InChI=1S/C12H14ClN3O3/c13-10-5-11(15-6-14-10)19-9-4-2-7-1-3-8(9)16(7)12(17)18/h5-9H,1-4H2,(H,17,18). The zero-order valence-corrected chi connectivity index (χ0v) is 11.0. The SMILES string of the molecule is O=C(O)N1C2CCC(Oc3cc(Cl)ncn3)C1CC2. The Morgan fingerprint density at radius 3 is 2.89 bits per heavy atom. The molecule has 3 atom stereocenters. The fraction of sp³-hybridized carbons (Fsp3) is 0.583. The van der Waals surface area contributed by atoms with Gasteiger partial charge in [-0.05, 0) is 25.7 Å². The molecule has 3 unspecified atom stereocenters. The lowest BCUT2D eigenvalue weighted by molar-refractivity contribution is 0.0305. The maximum atomic E-state index is 11.3. The minimum atomic E-state index is -0.860. The van der Waals surface area contributed by atoms with Crippen LogP contribution in [0.15, 0.2) is 12.4 Å². The summed E-state index contributed by atoms with van der Waals surface area (Å²) in [6.07, 6.45) is 3.78. The maximum Gasteiger partial charge on any atom is 0.407 e. The van der Waals surface area contributed by atoms with E-state index in [1.54, 1.807) is 6.07 Å². The molecular weight excluding hydrogens is 270 g/mol. The molecule has 1 N–H and O–H groups in total. The number of aromatic nitrogens is 2. The van der Waals surface area contributed by atoms with Crippen molar-refractivity contribution in [1.29, 1.82) is 0 Å². The van der Waals surface area contributed by atoms with Crippen molar-refractivity contribution in [2.45, 2.75) is 43.9 Å². The van der Waals surface area contributed by atoms with E-state index in [-0.39, 0.29) is 18.2 Å². The summed E-state index contributed by atoms with van der Waals surface area (Å²) in [5.41, 5.74) is 0. The summed E-state index contributed by atoms with van der Waals surface area (Å²) in [6, 6.07) is 1.62. The first-order valence-electron chi connectivity index (χ1n) is 6.30. The van der Waals surface area contributed by atoms with Crippen LogP contribution in [0.2, 0.25) is 5.15 Å². The van der Waals surface area contributed by atoms with Crippen LogP contribution in [-0.2, 0) is 0 Å². The van der Waals surface area contributed by atoms with Crippen molar-refractivity contribution in [1.82, 2.24) is 14.9 Å². The molecule has 1 amide bonds. The minimum Gasteiger partial charge on any atom is -0.472 e. The van der Waals surface area contributed by atoms with E-state index in [2.05, 4.69) is 9.97 Å². The molecule has 0 radical (unpaired) electrons. The highest BCUT2D eigenvalue weighted by atomic mass is 35.5. The fourth-order valence-corrected chi connectivity index (χ4v) is 3.22. The van der Waals surface area contributed by atoms with Gasteiger partial charge < -0.3 is 9.84 Å². The summed E-state index contributed by atoms with van der Waals surface area (Å²) in [5.74, 6) is 0.403. The number of carboxylic acid groups (broad SMARTS) is 1. The van der Waals surface area contributed by atoms with E-state index in [0.717, 1.165) is 25.7 Å². The number of hydrogen-bond donors (Lipinski definition) is 1. The van der Waals surface area contributed by atoms with Crippen LogP contribution in [0.3, 0.4) is 0 Å². The lowest BCUT2D eigenvalue weighted by atomic mass is 10.0. The Balaban J connectivity index is 1.76. The predicted octanol–water partition coefficient (Wildman–Crippen LogP) is 2.18. The lowest BCUT2D eigenvalue weighted by Crippen LogP contribution is -2.51. The van der Waals surface area contributed by atoms with Gasteiger partial charge in [0, 0.05) is 12.1 Å². The second-order valence-electron chi connectivity index (χ2n) is 4.90. The summed E-state index contributed by atoms with van der Waals surface area (Å²) in [7, 11) is 0. The Hall–Kier alpha value is -1.56. The number of ether oxygens (including phenoxy) is 1. The first-order chi connectivity index (χ1) is 9.15. The summed E-state index contributed by atoms with van der Waals surface area (Å²) >= 11 is 5.78. The second-order valence-corrected chi connectivity index (χ2v) is 5.29. The Morgan fingerprint density at radius 1 is 1.37 bits per heavy atom. The van der Waals surface area contributed by atoms with Crippen molar-refractivity contribution in [2.24, 2.45) is 0 Å². The van der Waals surface area contributed by atoms with Crippen molar-refractivity contribution in [3.05, 3.63) is 17.5 Å². The summed E-state index contributed by atoms with van der Waals surface area (Å²) in [6.45, 7) is 0. The van der Waals surface area contributed by atoms with Crippen LogP contribution < -0.4 is 4.74 Å². The maximum absolute atomic E-state index is 11.3. The zero-order valence-electron chi connectivity index (χ0n) is 10.2. The molecule has 0 aliphatic carbocycles. The average Bonchev–Trinajstić information content (AvgIpc) is 2.69. The van der Waals surface area contributed by atoms with Gasteiger partial charge in [-0.3, -0.25) is 4.90 Å². The topological polar surface area (TPSA) is 75.5 Å². The van der Waals surface area contributed by atoms with Gasteiger partial charge in [0.1, 0.15) is 17.6 Å². The quantitative estimate of drug-likeness (QED) is 0.842. The number of hydrogen-bond acceptors (Lipinski definition) is 4. The van der Waals surface area contributed by atoms with Crippen LogP contribution in [0.4, 0.5) is 4.79 Å². The van der Waals surface area contributed by atoms with Crippen LogP contribution in [-0.4, -0.2) is 44.3 Å². The number of halogens is 1. The third kappa shape index (κ3) is 2.32. The van der Waals surface area contributed by atoms with Crippen molar-refractivity contribution in [3.8, 4) is 5.88 Å². The van der Waals surface area contributed by atoms with Gasteiger partial charge in [0.25, 0.3) is 0 Å². The van der Waals surface area contributed by atoms with E-state index in [9.17, 15) is 9.90 Å². The third-order valence-electron chi connectivity index (χ3n) is 3.86. The van der Waals surface area contributed by atoms with Crippen LogP contribution in [0.5, 0.6) is 5.88 Å². The van der Waals surface area contributed by atoms with Crippen molar-refractivity contribution < 1.29 is 14.6 Å². The summed E-state index contributed by atoms with van der Waals surface area (Å²) < 4.78 is 5.81. The van der Waals surface area contributed by atoms with Crippen LogP contribution in [0, 0.1) is 0 Å². The van der Waals surface area contributed by atoms with Gasteiger partial charge in [0.05, 0.1) is 6.04 Å². The first kappa shape index (κ1) is 12.5. The van der Waals surface area contributed by atoms with E-state index in [1.807, 2.05) is 0 Å². The Bertz CT molecular complexity index is 499. The molecule has 2 saturated heterocycles. The van der Waals surface area contributed by atoms with Gasteiger partial charge in [0.15, 0.2) is 0 Å². The molecular formula is C12H14ClN3O3. The zero-order chi connectivity index (χ0) is 13.4. The molecule has 2 aliphatic rings. The normalized spacial score (nSPS) is 29.3. The van der Waals surface area contributed by atoms with Crippen LogP contribution in [0.1, 0.15) is 25.7 Å². The van der Waals surface area contributed by atoms with E-state index in [0.29, 0.717) is 11.0 Å². The molecule has 0 saturated carbocycles. The molecule has 3 rings (SSSR count). The predicted molar refractivity (Wildman–Crippen MR) is 67.4 cm³/mol. The second kappa shape index (κ2) is 4.85. The number of amides is 1. The lowest BCUT2D eigenvalue weighted by Gasteiger charge is -2.37. The molecule has 102 valence electrons. The van der Waals surface area contributed by atoms with E-state index < -0.39 is 6.09 Å². The molecule has 2 aliphatic heterocycles. The Labute approximate surface area is 115 Å². The molecule has 7 heteroatoms. The number of fused-ring (bicyclic) bond motifs is 2. The van der Waals surface area contributed by atoms with Gasteiger partial charge in [-0.15, -0.1) is 0 Å². The molecule has 6 nitrogen and oxygen atoms in total. The Kier molecular flexibility index (Phi) is 3.18. The number of nitrogens with zero attached hydrogens (tertiary/aromatic N) is 3. The fourth-order valence-electron chi connectivity index (χ4n) is 3.08. The van der Waals surface area contributed by atoms with Crippen LogP contribution >= 0.6 is 11.6 Å². The molecule has 3 heterocycles. The average molecular weight is 284 g/mol. The van der Waals surface area contributed by atoms with Gasteiger partial charge in [-0.25, -0.2) is 14.8 Å². The summed E-state index contributed by atoms with van der Waals surface area (Å²) in [4.78, 5) is 20.6. The van der Waals surface area contributed by atoms with E-state index in [4.69, 9.17) is 16.3 Å². The minimum absolute atomic E-state index is 0.0787. The van der Waals surface area contributed by atoms with Gasteiger partial charge >= 0.3 is 6.09 Å². The Morgan fingerprint density at radius 2 is 2.16 bits per heavy atom. The van der Waals surface area contributed by atoms with Crippen molar-refractivity contribution in [2.75, 3.05) is 0 Å². The van der Waals surface area contributed by atoms with E-state index in [1.165, 1.54) is 11.2 Å². The van der Waals surface area contributed by atoms with Crippen molar-refractivity contribution in [3.63, 3.8) is 0 Å².